The van der Waals surface area contributed by atoms with E-state index in [4.69, 9.17) is 5.73 Å². The second-order valence-electron chi connectivity index (χ2n) is 7.55. The van der Waals surface area contributed by atoms with Gasteiger partial charge in [-0.3, -0.25) is 4.90 Å². The third-order valence-corrected chi connectivity index (χ3v) is 6.46. The molecule has 0 aromatic carbocycles. The molecule has 1 fully saturated rings. The van der Waals surface area contributed by atoms with E-state index in [-0.39, 0.29) is 6.04 Å². The van der Waals surface area contributed by atoms with Crippen molar-refractivity contribution in [2.45, 2.75) is 77.9 Å². The molecule has 1 aliphatic rings. The molecular weight excluding hydrogens is 276 g/mol. The summed E-state index contributed by atoms with van der Waals surface area (Å²) in [5.74, 6) is 0. The minimum absolute atomic E-state index is 0.224. The van der Waals surface area contributed by atoms with Gasteiger partial charge in [0.25, 0.3) is 0 Å². The average Bonchev–Trinajstić information content (AvgIpc) is 2.85. The first kappa shape index (κ1) is 17.0. The van der Waals surface area contributed by atoms with Crippen LogP contribution < -0.4 is 5.73 Å². The molecule has 0 radical (unpaired) electrons. The molecule has 2 atom stereocenters. The maximum absolute atomic E-state index is 6.50. The van der Waals surface area contributed by atoms with Gasteiger partial charge in [-0.25, -0.2) is 0 Å². The Balaban J connectivity index is 2.16. The molecule has 1 aromatic heterocycles. The number of rotatable bonds is 5. The lowest BCUT2D eigenvalue weighted by Gasteiger charge is -2.43. The second-order valence-corrected chi connectivity index (χ2v) is 8.49. The highest BCUT2D eigenvalue weighted by atomic mass is 32.1. The van der Waals surface area contributed by atoms with Crippen LogP contribution in [0.4, 0.5) is 0 Å². The molecule has 1 aromatic rings. The summed E-state index contributed by atoms with van der Waals surface area (Å²) in [6.07, 6.45) is 6.31. The first-order valence-electron chi connectivity index (χ1n) is 8.37. The van der Waals surface area contributed by atoms with Crippen molar-refractivity contribution in [1.82, 2.24) is 4.90 Å². The van der Waals surface area contributed by atoms with Crippen molar-refractivity contribution in [1.29, 1.82) is 0 Å². The predicted octanol–water partition coefficient (Wildman–Crippen LogP) is 4.74. The van der Waals surface area contributed by atoms with Gasteiger partial charge in [-0.15, -0.1) is 11.3 Å². The van der Waals surface area contributed by atoms with E-state index < -0.39 is 0 Å². The monoisotopic (exact) mass is 308 g/mol. The van der Waals surface area contributed by atoms with Crippen LogP contribution >= 0.6 is 11.3 Å². The highest BCUT2D eigenvalue weighted by molar-refractivity contribution is 7.10. The quantitative estimate of drug-likeness (QED) is 0.851. The lowest BCUT2D eigenvalue weighted by Crippen LogP contribution is -2.45. The Bertz CT molecular complexity index is 442. The van der Waals surface area contributed by atoms with Crippen molar-refractivity contribution in [2.24, 2.45) is 11.1 Å². The maximum atomic E-state index is 6.50. The first-order chi connectivity index (χ1) is 9.85. The van der Waals surface area contributed by atoms with E-state index in [9.17, 15) is 0 Å². The highest BCUT2D eigenvalue weighted by Gasteiger charge is 2.34. The molecule has 21 heavy (non-hydrogen) atoms. The van der Waals surface area contributed by atoms with Crippen LogP contribution in [-0.4, -0.2) is 24.0 Å². The van der Waals surface area contributed by atoms with Gasteiger partial charge in [0.1, 0.15) is 0 Å². The average molecular weight is 309 g/mol. The van der Waals surface area contributed by atoms with Gasteiger partial charge in [0.15, 0.2) is 0 Å². The molecule has 2 rings (SSSR count). The maximum Gasteiger partial charge on any atom is 0.0595 e. The summed E-state index contributed by atoms with van der Waals surface area (Å²) in [5, 5.41) is 2.21. The number of likely N-dealkylation sites (N-methyl/N-ethyl adjacent to an activating group) is 1. The number of hydrogen-bond donors (Lipinski definition) is 1. The van der Waals surface area contributed by atoms with Crippen LogP contribution in [0.1, 0.15) is 69.4 Å². The topological polar surface area (TPSA) is 29.3 Å². The van der Waals surface area contributed by atoms with Crippen LogP contribution in [0.5, 0.6) is 0 Å². The molecule has 2 unspecified atom stereocenters. The minimum Gasteiger partial charge on any atom is -0.326 e. The van der Waals surface area contributed by atoms with Gasteiger partial charge >= 0.3 is 0 Å². The second kappa shape index (κ2) is 6.80. The Kier molecular flexibility index (Phi) is 5.50. The van der Waals surface area contributed by atoms with E-state index in [2.05, 4.69) is 51.1 Å². The fourth-order valence-electron chi connectivity index (χ4n) is 3.61. The van der Waals surface area contributed by atoms with Crippen molar-refractivity contribution in [2.75, 3.05) is 7.05 Å². The molecule has 0 bridgehead atoms. The summed E-state index contributed by atoms with van der Waals surface area (Å²) in [6.45, 7) is 9.24. The predicted molar refractivity (Wildman–Crippen MR) is 93.9 cm³/mol. The van der Waals surface area contributed by atoms with Crippen LogP contribution in [0.25, 0.3) is 0 Å². The van der Waals surface area contributed by atoms with Crippen molar-refractivity contribution in [3.63, 3.8) is 0 Å². The van der Waals surface area contributed by atoms with E-state index in [1.54, 1.807) is 0 Å². The molecule has 1 saturated carbocycles. The number of thiophene rings is 1. The van der Waals surface area contributed by atoms with Gasteiger partial charge in [-0.05, 0) is 68.5 Å². The fraction of sp³-hybridized carbons (Fsp3) is 0.778. The van der Waals surface area contributed by atoms with Gasteiger partial charge in [-0.1, -0.05) is 20.8 Å². The van der Waals surface area contributed by atoms with Crippen LogP contribution in [0.3, 0.4) is 0 Å². The normalized spacial score (nSPS) is 22.4. The van der Waals surface area contributed by atoms with Crippen molar-refractivity contribution in [3.05, 3.63) is 21.9 Å². The molecular formula is C18H32N2S. The lowest BCUT2D eigenvalue weighted by molar-refractivity contribution is 0.0837. The Hall–Kier alpha value is -0.380. The summed E-state index contributed by atoms with van der Waals surface area (Å²) >= 11 is 1.87. The molecule has 0 aliphatic heterocycles. The fourth-order valence-corrected chi connectivity index (χ4v) is 4.76. The van der Waals surface area contributed by atoms with Crippen molar-refractivity contribution >= 4 is 11.3 Å². The number of nitrogens with zero attached hydrogens (tertiary/aromatic N) is 1. The Morgan fingerprint density at radius 3 is 2.48 bits per heavy atom. The molecule has 0 spiro atoms. The third-order valence-electron chi connectivity index (χ3n) is 5.37. The summed E-state index contributed by atoms with van der Waals surface area (Å²) in [6, 6.07) is 3.51. The standard InChI is InChI=1S/C18H32N2S/c1-6-15(19)16(17-13(2)9-12-21-17)20(5)14-7-10-18(3,4)11-8-14/h9,12,14-16H,6-8,10-11,19H2,1-5H3. The molecule has 0 saturated heterocycles. The number of nitrogens with two attached hydrogens (primary N) is 1. The third kappa shape index (κ3) is 3.88. The van der Waals surface area contributed by atoms with E-state index in [1.165, 1.54) is 36.1 Å². The Morgan fingerprint density at radius 2 is 2.00 bits per heavy atom. The molecule has 120 valence electrons. The zero-order chi connectivity index (χ0) is 15.6. The SMILES string of the molecule is CCC(N)C(c1sccc1C)N(C)C1CCC(C)(C)CC1. The summed E-state index contributed by atoms with van der Waals surface area (Å²) in [7, 11) is 2.29. The molecule has 0 amide bonds. The van der Waals surface area contributed by atoms with E-state index in [0.717, 1.165) is 6.42 Å². The summed E-state index contributed by atoms with van der Waals surface area (Å²) < 4.78 is 0. The Morgan fingerprint density at radius 1 is 1.38 bits per heavy atom. The van der Waals surface area contributed by atoms with Gasteiger partial charge in [0, 0.05) is 17.0 Å². The van der Waals surface area contributed by atoms with Gasteiger partial charge < -0.3 is 5.73 Å². The molecule has 1 aliphatic carbocycles. The van der Waals surface area contributed by atoms with Crippen molar-refractivity contribution in [3.8, 4) is 0 Å². The molecule has 1 heterocycles. The smallest absolute Gasteiger partial charge is 0.0595 e. The van der Waals surface area contributed by atoms with E-state index >= 15 is 0 Å². The van der Waals surface area contributed by atoms with Crippen LogP contribution in [0, 0.1) is 12.3 Å². The zero-order valence-corrected chi connectivity index (χ0v) is 15.2. The minimum atomic E-state index is 0.224. The number of aryl methyl sites for hydroxylation is 1. The van der Waals surface area contributed by atoms with Gasteiger partial charge in [0.2, 0.25) is 0 Å². The van der Waals surface area contributed by atoms with Crippen LogP contribution in [0.15, 0.2) is 11.4 Å². The molecule has 3 heteroatoms. The number of hydrogen-bond acceptors (Lipinski definition) is 3. The van der Waals surface area contributed by atoms with Crippen LogP contribution in [0.2, 0.25) is 0 Å². The first-order valence-corrected chi connectivity index (χ1v) is 9.25. The van der Waals surface area contributed by atoms with E-state index in [0.29, 0.717) is 17.5 Å². The lowest BCUT2D eigenvalue weighted by atomic mass is 9.75. The van der Waals surface area contributed by atoms with Gasteiger partial charge in [-0.2, -0.15) is 0 Å². The summed E-state index contributed by atoms with van der Waals surface area (Å²) in [5.41, 5.74) is 8.43. The largest absolute Gasteiger partial charge is 0.326 e. The van der Waals surface area contributed by atoms with E-state index in [1.807, 2.05) is 11.3 Å². The zero-order valence-electron chi connectivity index (χ0n) is 14.4. The molecule has 2 nitrogen and oxygen atoms in total. The molecule has 2 N–H and O–H groups in total. The Labute approximate surface area is 134 Å². The highest BCUT2D eigenvalue weighted by Crippen LogP contribution is 2.40. The van der Waals surface area contributed by atoms with Gasteiger partial charge in [0.05, 0.1) is 6.04 Å². The van der Waals surface area contributed by atoms with Crippen molar-refractivity contribution < 1.29 is 0 Å². The van der Waals surface area contributed by atoms with Crippen LogP contribution in [-0.2, 0) is 0 Å². The summed E-state index contributed by atoms with van der Waals surface area (Å²) in [4.78, 5) is 4.05.